The van der Waals surface area contributed by atoms with Crippen LogP contribution in [0.5, 0.6) is 5.75 Å². The number of nitriles is 1. The number of hydrogen-bond donors (Lipinski definition) is 3. The van der Waals surface area contributed by atoms with E-state index in [-0.39, 0.29) is 12.4 Å². The number of hydrogen-bond acceptors (Lipinski definition) is 8. The molecule has 0 aliphatic carbocycles. The van der Waals surface area contributed by atoms with E-state index in [1.807, 2.05) is 19.1 Å². The zero-order valence-electron chi connectivity index (χ0n) is 21.0. The van der Waals surface area contributed by atoms with Gasteiger partial charge in [0, 0.05) is 54.9 Å². The minimum Gasteiger partial charge on any atom is -0.487 e. The highest BCUT2D eigenvalue weighted by molar-refractivity contribution is 5.70. The molecule has 0 bridgehead atoms. The summed E-state index contributed by atoms with van der Waals surface area (Å²) in [6.07, 6.45) is 1.72. The number of ether oxygens (including phenoxy) is 1. The number of halogens is 1. The van der Waals surface area contributed by atoms with Gasteiger partial charge in [-0.3, -0.25) is 0 Å². The summed E-state index contributed by atoms with van der Waals surface area (Å²) in [6.45, 7) is 5.85. The summed E-state index contributed by atoms with van der Waals surface area (Å²) < 4.78 is 19.8. The minimum absolute atomic E-state index is 0.0127. The van der Waals surface area contributed by atoms with Crippen LogP contribution in [0.4, 0.5) is 33.2 Å². The molecular weight excluding hydrogens is 481 g/mol. The van der Waals surface area contributed by atoms with Gasteiger partial charge in [-0.15, -0.1) is 0 Å². The molecular formula is C29H28FN7O. The Hall–Kier alpha value is -4.68. The highest BCUT2D eigenvalue weighted by atomic mass is 19.1. The van der Waals surface area contributed by atoms with Crippen LogP contribution in [0.2, 0.25) is 0 Å². The molecule has 0 unspecified atom stereocenters. The largest absolute Gasteiger partial charge is 0.487 e. The maximum atomic E-state index is 14.0. The molecule has 0 spiro atoms. The quantitative estimate of drug-likeness (QED) is 0.296. The van der Waals surface area contributed by atoms with Crippen molar-refractivity contribution in [3.8, 4) is 11.8 Å². The Bertz CT molecular complexity index is 1450. The van der Waals surface area contributed by atoms with Gasteiger partial charge in [-0.2, -0.15) is 10.2 Å². The van der Waals surface area contributed by atoms with Crippen LogP contribution in [0.3, 0.4) is 0 Å². The third-order valence-corrected chi connectivity index (χ3v) is 6.31. The molecule has 1 saturated heterocycles. The lowest BCUT2D eigenvalue weighted by Crippen LogP contribution is -2.43. The summed E-state index contributed by atoms with van der Waals surface area (Å²) in [7, 11) is 0. The van der Waals surface area contributed by atoms with Gasteiger partial charge in [0.1, 0.15) is 35.6 Å². The topological polar surface area (TPSA) is 98.1 Å². The highest BCUT2D eigenvalue weighted by Crippen LogP contribution is 2.30. The summed E-state index contributed by atoms with van der Waals surface area (Å²) >= 11 is 0. The lowest BCUT2D eigenvalue weighted by molar-refractivity contribution is 0.299. The van der Waals surface area contributed by atoms with Gasteiger partial charge in [-0.05, 0) is 49.4 Å². The summed E-state index contributed by atoms with van der Waals surface area (Å²) in [5.74, 6) is 0.993. The Morgan fingerprint density at radius 3 is 2.58 bits per heavy atom. The van der Waals surface area contributed by atoms with Crippen LogP contribution in [0, 0.1) is 24.1 Å². The Morgan fingerprint density at radius 2 is 1.82 bits per heavy atom. The number of nitrogens with zero attached hydrogens (tertiary/aromatic N) is 4. The zero-order chi connectivity index (χ0) is 26.3. The van der Waals surface area contributed by atoms with Crippen LogP contribution in [-0.2, 0) is 6.61 Å². The Labute approximate surface area is 221 Å². The predicted octanol–water partition coefficient (Wildman–Crippen LogP) is 5.27. The highest BCUT2D eigenvalue weighted by Gasteiger charge is 2.14. The molecule has 4 aromatic rings. The molecule has 192 valence electrons. The number of anilines is 5. The summed E-state index contributed by atoms with van der Waals surface area (Å²) in [4.78, 5) is 11.4. The van der Waals surface area contributed by atoms with Crippen molar-refractivity contribution >= 4 is 28.8 Å². The van der Waals surface area contributed by atoms with E-state index in [9.17, 15) is 9.65 Å². The molecule has 0 saturated carbocycles. The molecule has 0 radical (unpaired) electrons. The number of nitrogens with one attached hydrogen (secondary N) is 3. The number of aryl methyl sites for hydroxylation is 1. The van der Waals surface area contributed by atoms with Crippen molar-refractivity contribution in [2.45, 2.75) is 13.5 Å². The van der Waals surface area contributed by atoms with E-state index in [0.29, 0.717) is 34.3 Å². The first kappa shape index (κ1) is 25.0. The SMILES string of the molecule is Cc1cnc(Nc2ccc(N3CCNCC3)cc2)nc1Nc1cccc(OCc2ccccc2F)c1C#N. The van der Waals surface area contributed by atoms with Crippen LogP contribution >= 0.6 is 0 Å². The fraction of sp³-hybridized carbons (Fsp3) is 0.207. The number of piperazine rings is 1. The monoisotopic (exact) mass is 509 g/mol. The minimum atomic E-state index is -0.352. The number of aromatic nitrogens is 2. The van der Waals surface area contributed by atoms with Crippen molar-refractivity contribution in [2.75, 3.05) is 41.7 Å². The second-order valence-corrected chi connectivity index (χ2v) is 8.93. The van der Waals surface area contributed by atoms with Gasteiger partial charge >= 0.3 is 0 Å². The van der Waals surface area contributed by atoms with Gasteiger partial charge < -0.3 is 25.6 Å². The molecule has 8 nitrogen and oxygen atoms in total. The van der Waals surface area contributed by atoms with Crippen molar-refractivity contribution in [3.05, 3.63) is 95.4 Å². The number of benzene rings is 3. The first-order valence-electron chi connectivity index (χ1n) is 12.4. The first-order chi connectivity index (χ1) is 18.6. The molecule has 0 amide bonds. The molecule has 3 aromatic carbocycles. The van der Waals surface area contributed by atoms with Crippen molar-refractivity contribution < 1.29 is 9.13 Å². The van der Waals surface area contributed by atoms with Crippen molar-refractivity contribution in [1.82, 2.24) is 15.3 Å². The van der Waals surface area contributed by atoms with E-state index in [0.717, 1.165) is 37.4 Å². The van der Waals surface area contributed by atoms with E-state index < -0.39 is 0 Å². The summed E-state index contributed by atoms with van der Waals surface area (Å²) in [6, 6.07) is 22.0. The van der Waals surface area contributed by atoms with Crippen molar-refractivity contribution in [1.29, 1.82) is 5.26 Å². The lowest BCUT2D eigenvalue weighted by Gasteiger charge is -2.29. The maximum Gasteiger partial charge on any atom is 0.229 e. The third-order valence-electron chi connectivity index (χ3n) is 6.31. The standard InChI is InChI=1S/C29H28FN7O/c1-20-18-33-29(34-22-9-11-23(12-10-22)37-15-13-32-14-16-37)36-28(20)35-26-7-4-8-27(24(26)17-31)38-19-21-5-2-3-6-25(21)30/h2-12,18,32H,13-16,19H2,1H3,(H2,33,34,35,36). The Balaban J connectivity index is 1.31. The molecule has 1 aliphatic rings. The smallest absolute Gasteiger partial charge is 0.229 e. The molecule has 5 rings (SSSR count). The van der Waals surface area contributed by atoms with Crippen molar-refractivity contribution in [2.24, 2.45) is 0 Å². The van der Waals surface area contributed by atoms with Gasteiger partial charge in [0.05, 0.1) is 5.69 Å². The first-order valence-corrected chi connectivity index (χ1v) is 12.4. The second-order valence-electron chi connectivity index (χ2n) is 8.93. The van der Waals surface area contributed by atoms with E-state index in [1.165, 1.54) is 11.8 Å². The Kier molecular flexibility index (Phi) is 7.62. The summed E-state index contributed by atoms with van der Waals surface area (Å²) in [5.41, 5.74) is 4.13. The molecule has 9 heteroatoms. The molecule has 1 aromatic heterocycles. The van der Waals surface area contributed by atoms with Crippen LogP contribution < -0.4 is 25.6 Å². The molecule has 1 fully saturated rings. The molecule has 0 atom stereocenters. The molecule has 2 heterocycles. The van der Waals surface area contributed by atoms with Gasteiger partial charge in [-0.1, -0.05) is 24.3 Å². The van der Waals surface area contributed by atoms with Crippen LogP contribution in [0.15, 0.2) is 72.9 Å². The van der Waals surface area contributed by atoms with Gasteiger partial charge in [0.2, 0.25) is 5.95 Å². The molecule has 38 heavy (non-hydrogen) atoms. The van der Waals surface area contributed by atoms with Gasteiger partial charge in [0.15, 0.2) is 0 Å². The third kappa shape index (κ3) is 5.82. The van der Waals surface area contributed by atoms with Crippen molar-refractivity contribution in [3.63, 3.8) is 0 Å². The predicted molar refractivity (Wildman–Crippen MR) is 147 cm³/mol. The molecule has 3 N–H and O–H groups in total. The maximum absolute atomic E-state index is 14.0. The van der Waals surface area contributed by atoms with Gasteiger partial charge in [-0.25, -0.2) is 9.37 Å². The fourth-order valence-corrected chi connectivity index (χ4v) is 4.21. The Morgan fingerprint density at radius 1 is 1.03 bits per heavy atom. The van der Waals surface area contributed by atoms with Crippen LogP contribution in [0.25, 0.3) is 0 Å². The second kappa shape index (κ2) is 11.6. The zero-order valence-corrected chi connectivity index (χ0v) is 21.0. The van der Waals surface area contributed by atoms with E-state index in [2.05, 4.69) is 49.0 Å². The lowest BCUT2D eigenvalue weighted by atomic mass is 10.1. The van der Waals surface area contributed by atoms with Gasteiger partial charge in [0.25, 0.3) is 0 Å². The summed E-state index contributed by atoms with van der Waals surface area (Å²) in [5, 5.41) is 19.7. The average Bonchev–Trinajstić information content (AvgIpc) is 2.95. The average molecular weight is 510 g/mol. The van der Waals surface area contributed by atoms with E-state index in [1.54, 1.807) is 42.6 Å². The van der Waals surface area contributed by atoms with E-state index >= 15 is 0 Å². The molecule has 1 aliphatic heterocycles. The van der Waals surface area contributed by atoms with Crippen LogP contribution in [0.1, 0.15) is 16.7 Å². The number of rotatable bonds is 8. The normalized spacial score (nSPS) is 13.0. The van der Waals surface area contributed by atoms with E-state index in [4.69, 9.17) is 4.74 Å². The van der Waals surface area contributed by atoms with Crippen LogP contribution in [-0.4, -0.2) is 36.1 Å². The fourth-order valence-electron chi connectivity index (χ4n) is 4.21.